The van der Waals surface area contributed by atoms with Crippen LogP contribution in [-0.4, -0.2) is 41.9 Å². The number of nitro groups is 1. The van der Waals surface area contributed by atoms with E-state index in [1.54, 1.807) is 12.1 Å². The molecule has 2 aliphatic heterocycles. The summed E-state index contributed by atoms with van der Waals surface area (Å²) in [4.78, 5) is 12.9. The van der Waals surface area contributed by atoms with E-state index in [0.717, 1.165) is 18.5 Å². The maximum Gasteiger partial charge on any atom is 0.269 e. The van der Waals surface area contributed by atoms with Crippen LogP contribution < -0.4 is 0 Å². The summed E-state index contributed by atoms with van der Waals surface area (Å²) < 4.78 is 12.2. The Kier molecular flexibility index (Phi) is 3.48. The van der Waals surface area contributed by atoms with Crippen LogP contribution in [-0.2, 0) is 9.47 Å². The minimum absolute atomic E-state index is 0.0850. The van der Waals surface area contributed by atoms with E-state index in [4.69, 9.17) is 9.47 Å². The summed E-state index contributed by atoms with van der Waals surface area (Å²) in [5.41, 5.74) is 0.883. The van der Waals surface area contributed by atoms with Crippen molar-refractivity contribution in [3.63, 3.8) is 0 Å². The normalized spacial score (nSPS) is 36.5. The molecule has 3 aliphatic rings. The number of hydrogen-bond donors (Lipinski definition) is 0. The zero-order valence-electron chi connectivity index (χ0n) is 13.1. The Balaban J connectivity index is 1.54. The van der Waals surface area contributed by atoms with Crippen LogP contribution in [0.25, 0.3) is 0 Å². The molecule has 2 heterocycles. The second-order valence-corrected chi connectivity index (χ2v) is 6.65. The van der Waals surface area contributed by atoms with Crippen LogP contribution in [0.5, 0.6) is 0 Å². The Morgan fingerprint density at radius 2 is 2.30 bits per heavy atom. The van der Waals surface area contributed by atoms with Crippen molar-refractivity contribution < 1.29 is 14.4 Å². The Bertz CT molecular complexity index is 662. The molecule has 4 rings (SSSR count). The van der Waals surface area contributed by atoms with Crippen LogP contribution in [0, 0.1) is 16.0 Å². The van der Waals surface area contributed by atoms with Gasteiger partial charge in [-0.1, -0.05) is 18.2 Å². The van der Waals surface area contributed by atoms with Crippen molar-refractivity contribution >= 4 is 5.69 Å². The van der Waals surface area contributed by atoms with Gasteiger partial charge < -0.3 is 14.4 Å². The van der Waals surface area contributed by atoms with Gasteiger partial charge >= 0.3 is 0 Å². The highest BCUT2D eigenvalue weighted by Crippen LogP contribution is 2.44. The van der Waals surface area contributed by atoms with Crippen LogP contribution in [0.3, 0.4) is 0 Å². The van der Waals surface area contributed by atoms with Crippen molar-refractivity contribution in [2.75, 3.05) is 20.2 Å². The lowest BCUT2D eigenvalue weighted by Crippen LogP contribution is -2.42. The molecule has 0 amide bonds. The zero-order valence-corrected chi connectivity index (χ0v) is 13.1. The van der Waals surface area contributed by atoms with Gasteiger partial charge in [0.25, 0.3) is 5.69 Å². The molecule has 1 aliphatic carbocycles. The lowest BCUT2D eigenvalue weighted by atomic mass is 9.87. The molecule has 4 unspecified atom stereocenters. The van der Waals surface area contributed by atoms with E-state index in [1.165, 1.54) is 12.5 Å². The van der Waals surface area contributed by atoms with Gasteiger partial charge in [-0.2, -0.15) is 0 Å². The summed E-state index contributed by atoms with van der Waals surface area (Å²) >= 11 is 0. The molecule has 0 N–H and O–H groups in total. The average molecular weight is 316 g/mol. The molecule has 1 spiro atoms. The Labute approximate surface area is 134 Å². The van der Waals surface area contributed by atoms with Gasteiger partial charge in [0.05, 0.1) is 11.5 Å². The molecular weight excluding hydrogens is 296 g/mol. The van der Waals surface area contributed by atoms with E-state index >= 15 is 0 Å². The maximum absolute atomic E-state index is 10.9. The number of nitrogens with zero attached hydrogens (tertiary/aromatic N) is 2. The molecule has 0 radical (unpaired) electrons. The summed E-state index contributed by atoms with van der Waals surface area (Å²) in [6.07, 6.45) is 6.00. The van der Waals surface area contributed by atoms with Gasteiger partial charge in [-0.05, 0) is 37.6 Å². The largest absolute Gasteiger partial charge is 0.343 e. The van der Waals surface area contributed by atoms with Crippen molar-refractivity contribution in [2.45, 2.75) is 30.8 Å². The quantitative estimate of drug-likeness (QED) is 0.477. The number of benzene rings is 1. The van der Waals surface area contributed by atoms with Crippen LogP contribution in [0.4, 0.5) is 5.69 Å². The fourth-order valence-electron chi connectivity index (χ4n) is 3.92. The van der Waals surface area contributed by atoms with Crippen LogP contribution in [0.15, 0.2) is 36.4 Å². The minimum atomic E-state index is -0.685. The van der Waals surface area contributed by atoms with Crippen LogP contribution in [0.2, 0.25) is 0 Å². The third kappa shape index (κ3) is 2.56. The summed E-state index contributed by atoms with van der Waals surface area (Å²) in [5, 5.41) is 10.9. The second-order valence-electron chi connectivity index (χ2n) is 6.65. The first kappa shape index (κ1) is 14.8. The number of non-ortho nitro benzene ring substituents is 1. The van der Waals surface area contributed by atoms with Crippen LogP contribution in [0.1, 0.15) is 24.5 Å². The number of likely N-dealkylation sites (tertiary alicyclic amines) is 1. The van der Waals surface area contributed by atoms with E-state index in [2.05, 4.69) is 18.0 Å². The summed E-state index contributed by atoms with van der Waals surface area (Å²) in [5.74, 6) is -0.107. The van der Waals surface area contributed by atoms with E-state index < -0.39 is 5.79 Å². The second kappa shape index (κ2) is 5.40. The van der Waals surface area contributed by atoms with Crippen molar-refractivity contribution in [1.29, 1.82) is 0 Å². The molecule has 23 heavy (non-hydrogen) atoms. The number of ether oxygens (including phenoxy) is 2. The van der Waals surface area contributed by atoms with Gasteiger partial charge in [0.2, 0.25) is 0 Å². The highest BCUT2D eigenvalue weighted by molar-refractivity contribution is 5.36. The summed E-state index contributed by atoms with van der Waals surface area (Å²) in [6.45, 7) is 1.52. The predicted molar refractivity (Wildman–Crippen MR) is 83.9 cm³/mol. The third-order valence-electron chi connectivity index (χ3n) is 5.24. The van der Waals surface area contributed by atoms with Crippen molar-refractivity contribution in [3.8, 4) is 0 Å². The number of fused-ring (bicyclic) bond motifs is 1. The van der Waals surface area contributed by atoms with E-state index in [9.17, 15) is 10.1 Å². The molecule has 4 atom stereocenters. The first-order chi connectivity index (χ1) is 11.1. The molecule has 0 aromatic heterocycles. The van der Waals surface area contributed by atoms with Gasteiger partial charge in [-0.3, -0.25) is 10.1 Å². The molecule has 2 fully saturated rings. The Morgan fingerprint density at radius 3 is 3.13 bits per heavy atom. The lowest BCUT2D eigenvalue weighted by molar-refractivity contribution is -0.385. The lowest BCUT2D eigenvalue weighted by Gasteiger charge is -2.36. The number of hydrogen-bond acceptors (Lipinski definition) is 5. The van der Waals surface area contributed by atoms with Gasteiger partial charge in [0.15, 0.2) is 5.79 Å². The van der Waals surface area contributed by atoms with Crippen molar-refractivity contribution in [2.24, 2.45) is 5.92 Å². The van der Waals surface area contributed by atoms with Gasteiger partial charge in [-0.25, -0.2) is 0 Å². The Morgan fingerprint density at radius 1 is 1.43 bits per heavy atom. The standard InChI is InChI=1S/C17H20N2O4/c1-18-8-6-12-5-7-17(10-15(12)18)22-11-16(23-17)13-3-2-4-14(9-13)19(20)21/h2-5,7,9,12,15-16H,6,8,10-11H2,1H3. The van der Waals surface area contributed by atoms with Crippen molar-refractivity contribution in [1.82, 2.24) is 4.90 Å². The first-order valence-electron chi connectivity index (χ1n) is 8.02. The van der Waals surface area contributed by atoms with Gasteiger partial charge in [0, 0.05) is 24.6 Å². The number of rotatable bonds is 2. The van der Waals surface area contributed by atoms with E-state index in [-0.39, 0.29) is 16.7 Å². The monoisotopic (exact) mass is 316 g/mol. The number of nitro benzene ring substituents is 1. The summed E-state index contributed by atoms with van der Waals surface area (Å²) in [7, 11) is 2.14. The highest BCUT2D eigenvalue weighted by Gasteiger charge is 2.48. The molecule has 6 nitrogen and oxygen atoms in total. The van der Waals surface area contributed by atoms with E-state index in [1.807, 2.05) is 12.1 Å². The molecule has 1 aromatic carbocycles. The summed E-state index contributed by atoms with van der Waals surface area (Å²) in [6, 6.07) is 7.07. The zero-order chi connectivity index (χ0) is 16.0. The van der Waals surface area contributed by atoms with Gasteiger partial charge in [-0.15, -0.1) is 0 Å². The topological polar surface area (TPSA) is 64.8 Å². The molecule has 0 bridgehead atoms. The smallest absolute Gasteiger partial charge is 0.269 e. The third-order valence-corrected chi connectivity index (χ3v) is 5.24. The average Bonchev–Trinajstić information content (AvgIpc) is 3.13. The van der Waals surface area contributed by atoms with Gasteiger partial charge in [0.1, 0.15) is 6.10 Å². The molecular formula is C17H20N2O4. The molecule has 0 saturated carbocycles. The SMILES string of the molecule is CN1CCC2C=CC3(CC21)OCC(c1cccc([N+](=O)[O-])c1)O3. The predicted octanol–water partition coefficient (Wildman–Crippen LogP) is 2.66. The fraction of sp³-hybridized carbons (Fsp3) is 0.529. The first-order valence-corrected chi connectivity index (χ1v) is 8.02. The maximum atomic E-state index is 10.9. The minimum Gasteiger partial charge on any atom is -0.343 e. The molecule has 1 aromatic rings. The molecule has 6 heteroatoms. The highest BCUT2D eigenvalue weighted by atomic mass is 16.7. The Hall–Kier alpha value is -1.76. The molecule has 2 saturated heterocycles. The molecule has 122 valence electrons. The van der Waals surface area contributed by atoms with Crippen LogP contribution >= 0.6 is 0 Å². The van der Waals surface area contributed by atoms with Crippen molar-refractivity contribution in [3.05, 3.63) is 52.1 Å². The van der Waals surface area contributed by atoms with E-state index in [0.29, 0.717) is 18.6 Å². The fourth-order valence-corrected chi connectivity index (χ4v) is 3.92.